The van der Waals surface area contributed by atoms with Gasteiger partial charge in [0, 0.05) is 24.5 Å². The summed E-state index contributed by atoms with van der Waals surface area (Å²) in [5.41, 5.74) is 1.47. The highest BCUT2D eigenvalue weighted by atomic mass is 32.3. The lowest BCUT2D eigenvalue weighted by Crippen LogP contribution is -2.30. The number of carbonyl (C=O) groups excluding carboxylic acids is 1. The summed E-state index contributed by atoms with van der Waals surface area (Å²) in [6, 6.07) is 7.14. The standard InChI is InChI=1S/C18H31NO4S/c1-18(2,3)24(6,7)23-13-16(20)12-22-17(21)14-8-10-15(11-9-14)19(4)5/h8-11,16,20H,12-13H2,1-7H3. The Labute approximate surface area is 147 Å². The number of esters is 1. The lowest BCUT2D eigenvalue weighted by Gasteiger charge is -2.44. The van der Waals surface area contributed by atoms with Crippen LogP contribution in [0.15, 0.2) is 24.3 Å². The van der Waals surface area contributed by atoms with Crippen molar-refractivity contribution < 1.29 is 18.8 Å². The Hall–Kier alpha value is -1.24. The Morgan fingerprint density at radius 1 is 1.17 bits per heavy atom. The van der Waals surface area contributed by atoms with Gasteiger partial charge < -0.3 is 18.9 Å². The molecule has 0 fully saturated rings. The highest BCUT2D eigenvalue weighted by Crippen LogP contribution is 2.53. The van der Waals surface area contributed by atoms with Crippen LogP contribution >= 0.6 is 10.3 Å². The summed E-state index contributed by atoms with van der Waals surface area (Å²) in [5.74, 6) is -0.443. The molecule has 5 nitrogen and oxygen atoms in total. The van der Waals surface area contributed by atoms with Gasteiger partial charge in [0.2, 0.25) is 0 Å². The van der Waals surface area contributed by atoms with Crippen molar-refractivity contribution in [3.8, 4) is 0 Å². The number of ether oxygens (including phenoxy) is 1. The molecule has 6 heteroatoms. The number of aliphatic hydroxyl groups is 1. The maximum absolute atomic E-state index is 12.0. The van der Waals surface area contributed by atoms with Crippen molar-refractivity contribution in [1.29, 1.82) is 0 Å². The number of nitrogens with zero attached hydrogens (tertiary/aromatic N) is 1. The van der Waals surface area contributed by atoms with Gasteiger partial charge in [-0.1, -0.05) is 20.8 Å². The van der Waals surface area contributed by atoms with Gasteiger partial charge in [0.25, 0.3) is 0 Å². The van der Waals surface area contributed by atoms with E-state index < -0.39 is 22.4 Å². The molecule has 1 aromatic rings. The van der Waals surface area contributed by atoms with Gasteiger partial charge in [-0.25, -0.2) is 4.79 Å². The summed E-state index contributed by atoms with van der Waals surface area (Å²) in [6.45, 7) is 6.44. The molecule has 1 atom stereocenters. The van der Waals surface area contributed by atoms with E-state index in [4.69, 9.17) is 8.92 Å². The number of hydrogen-bond acceptors (Lipinski definition) is 5. The van der Waals surface area contributed by atoms with Gasteiger partial charge in [-0.15, -0.1) is 10.3 Å². The minimum atomic E-state index is -1.30. The lowest BCUT2D eigenvalue weighted by atomic mass is 10.2. The van der Waals surface area contributed by atoms with Crippen LogP contribution in [0.4, 0.5) is 5.69 Å². The van der Waals surface area contributed by atoms with Gasteiger partial charge in [-0.05, 0) is 36.8 Å². The molecule has 0 aromatic heterocycles. The van der Waals surface area contributed by atoms with Gasteiger partial charge in [-0.3, -0.25) is 0 Å². The molecule has 1 aromatic carbocycles. The third-order valence-corrected chi connectivity index (χ3v) is 7.73. The third kappa shape index (κ3) is 6.00. The van der Waals surface area contributed by atoms with Crippen molar-refractivity contribution in [2.24, 2.45) is 0 Å². The second kappa shape index (κ2) is 8.23. The van der Waals surface area contributed by atoms with Crippen LogP contribution in [0.25, 0.3) is 0 Å². The molecule has 0 aliphatic heterocycles. The first-order valence-electron chi connectivity index (χ1n) is 7.94. The number of benzene rings is 1. The summed E-state index contributed by atoms with van der Waals surface area (Å²) in [6.07, 6.45) is 3.31. The fourth-order valence-electron chi connectivity index (χ4n) is 1.62. The SMILES string of the molecule is CN(C)c1ccc(C(=O)OCC(O)COS(C)(C)C(C)(C)C)cc1. The van der Waals surface area contributed by atoms with E-state index in [1.807, 2.05) is 31.1 Å². The summed E-state index contributed by atoms with van der Waals surface area (Å²) in [7, 11) is 2.57. The van der Waals surface area contributed by atoms with E-state index in [1.165, 1.54) is 0 Å². The van der Waals surface area contributed by atoms with Crippen LogP contribution in [0, 0.1) is 0 Å². The van der Waals surface area contributed by atoms with E-state index in [-0.39, 0.29) is 18.0 Å². The monoisotopic (exact) mass is 357 g/mol. The van der Waals surface area contributed by atoms with Crippen molar-refractivity contribution in [2.75, 3.05) is 44.7 Å². The van der Waals surface area contributed by atoms with Crippen LogP contribution in [0.1, 0.15) is 31.1 Å². The Morgan fingerprint density at radius 2 is 1.71 bits per heavy atom. The zero-order chi connectivity index (χ0) is 18.5. The molecule has 1 rings (SSSR count). The summed E-state index contributed by atoms with van der Waals surface area (Å²) in [5, 5.41) is 10.00. The van der Waals surface area contributed by atoms with Gasteiger partial charge in [0.05, 0.1) is 12.2 Å². The second-order valence-corrected chi connectivity index (χ2v) is 11.3. The molecule has 0 bridgehead atoms. The van der Waals surface area contributed by atoms with Crippen LogP contribution in [0.2, 0.25) is 0 Å². The number of carbonyl (C=O) groups is 1. The second-order valence-electron chi connectivity index (χ2n) is 7.32. The predicted octanol–water partition coefficient (Wildman–Crippen LogP) is 3.06. The first-order chi connectivity index (χ1) is 10.9. The Kier molecular flexibility index (Phi) is 7.13. The smallest absolute Gasteiger partial charge is 0.338 e. The first kappa shape index (κ1) is 20.8. The molecule has 0 aliphatic carbocycles. The largest absolute Gasteiger partial charge is 0.459 e. The minimum Gasteiger partial charge on any atom is -0.459 e. The number of rotatable bonds is 7. The van der Waals surface area contributed by atoms with Crippen molar-refractivity contribution in [1.82, 2.24) is 0 Å². The molecule has 0 saturated carbocycles. The number of hydrogen-bond donors (Lipinski definition) is 1. The molecule has 1 N–H and O–H groups in total. The van der Waals surface area contributed by atoms with Crippen LogP contribution in [-0.2, 0) is 8.92 Å². The van der Waals surface area contributed by atoms with Crippen molar-refractivity contribution in [2.45, 2.75) is 31.6 Å². The van der Waals surface area contributed by atoms with Crippen molar-refractivity contribution >= 4 is 22.0 Å². The quantitative estimate of drug-likeness (QED) is 0.760. The topological polar surface area (TPSA) is 59.0 Å². The van der Waals surface area contributed by atoms with Gasteiger partial charge in [0.15, 0.2) is 0 Å². The summed E-state index contributed by atoms with van der Waals surface area (Å²) < 4.78 is 11.1. The molecule has 0 saturated heterocycles. The highest BCUT2D eigenvalue weighted by Gasteiger charge is 2.29. The minimum absolute atomic E-state index is 0.0254. The molecular weight excluding hydrogens is 326 g/mol. The fourth-order valence-corrected chi connectivity index (χ4v) is 2.48. The van der Waals surface area contributed by atoms with E-state index in [9.17, 15) is 9.90 Å². The van der Waals surface area contributed by atoms with Crippen LogP contribution in [0.5, 0.6) is 0 Å². The number of aliphatic hydroxyl groups excluding tert-OH is 1. The Bertz CT molecular complexity index is 535. The molecule has 0 radical (unpaired) electrons. The number of anilines is 1. The van der Waals surface area contributed by atoms with Crippen LogP contribution in [0.3, 0.4) is 0 Å². The van der Waals surface area contributed by atoms with Crippen LogP contribution < -0.4 is 4.90 Å². The molecule has 0 spiro atoms. The summed E-state index contributed by atoms with van der Waals surface area (Å²) >= 11 is 0. The maximum atomic E-state index is 12.0. The van der Waals surface area contributed by atoms with Gasteiger partial charge in [0.1, 0.15) is 12.7 Å². The molecule has 0 heterocycles. The average Bonchev–Trinajstić information content (AvgIpc) is 2.49. The third-order valence-electron chi connectivity index (χ3n) is 4.06. The maximum Gasteiger partial charge on any atom is 0.338 e. The lowest BCUT2D eigenvalue weighted by molar-refractivity contribution is 0.0146. The van der Waals surface area contributed by atoms with Crippen molar-refractivity contribution in [3.05, 3.63) is 29.8 Å². The Balaban J connectivity index is 2.46. The normalized spacial score (nSPS) is 14.2. The van der Waals surface area contributed by atoms with E-state index in [2.05, 4.69) is 33.3 Å². The van der Waals surface area contributed by atoms with Gasteiger partial charge >= 0.3 is 5.97 Å². The molecule has 0 aliphatic rings. The molecule has 1 unspecified atom stereocenters. The molecule has 138 valence electrons. The molecule has 24 heavy (non-hydrogen) atoms. The highest BCUT2D eigenvalue weighted by molar-refractivity contribution is 8.29. The van der Waals surface area contributed by atoms with Crippen molar-refractivity contribution in [3.63, 3.8) is 0 Å². The zero-order valence-corrected chi connectivity index (χ0v) is 16.6. The van der Waals surface area contributed by atoms with E-state index in [1.54, 1.807) is 12.1 Å². The van der Waals surface area contributed by atoms with Crippen LogP contribution in [-0.4, -0.2) is 61.7 Å². The van der Waals surface area contributed by atoms with E-state index >= 15 is 0 Å². The predicted molar refractivity (Wildman–Crippen MR) is 102 cm³/mol. The average molecular weight is 358 g/mol. The zero-order valence-electron chi connectivity index (χ0n) is 15.8. The fraction of sp³-hybridized carbons (Fsp3) is 0.611. The first-order valence-corrected chi connectivity index (χ1v) is 10.3. The molecular formula is C18H31NO4S. The van der Waals surface area contributed by atoms with Gasteiger partial charge in [-0.2, -0.15) is 0 Å². The van der Waals surface area contributed by atoms with E-state index in [0.29, 0.717) is 5.56 Å². The van der Waals surface area contributed by atoms with E-state index in [0.717, 1.165) is 5.69 Å². The molecule has 0 amide bonds. The summed E-state index contributed by atoms with van der Waals surface area (Å²) in [4.78, 5) is 14.0. The Morgan fingerprint density at radius 3 is 2.17 bits per heavy atom.